The van der Waals surface area contributed by atoms with E-state index in [2.05, 4.69) is 5.32 Å². The first-order valence-electron chi connectivity index (χ1n) is 13.8. The summed E-state index contributed by atoms with van der Waals surface area (Å²) in [7, 11) is 0. The van der Waals surface area contributed by atoms with E-state index in [1.54, 1.807) is 41.5 Å². The average Bonchev–Trinajstić information content (AvgIpc) is 2.92. The van der Waals surface area contributed by atoms with E-state index in [1.807, 2.05) is 60.7 Å². The quantitative estimate of drug-likeness (QED) is 0.176. The van der Waals surface area contributed by atoms with Gasteiger partial charge in [-0.25, -0.2) is 9.59 Å². The second-order valence-electron chi connectivity index (χ2n) is 11.2. The number of hydrogen-bond acceptors (Lipinski definition) is 8. The number of amides is 2. The first-order chi connectivity index (χ1) is 19.3. The summed E-state index contributed by atoms with van der Waals surface area (Å²) < 4.78 is 16.0. The van der Waals surface area contributed by atoms with Crippen LogP contribution in [-0.2, 0) is 37.1 Å². The van der Waals surface area contributed by atoms with Crippen LogP contribution in [0.25, 0.3) is 0 Å². The van der Waals surface area contributed by atoms with E-state index in [0.717, 1.165) is 16.2 Å². The fourth-order valence-corrected chi connectivity index (χ4v) is 3.89. The molecule has 10 nitrogen and oxygen atoms in total. The molecule has 0 unspecified atom stereocenters. The van der Waals surface area contributed by atoms with Crippen molar-refractivity contribution in [3.8, 4) is 0 Å². The van der Waals surface area contributed by atoms with Gasteiger partial charge in [-0.3, -0.25) is 9.63 Å². The molecule has 10 heteroatoms. The van der Waals surface area contributed by atoms with Crippen LogP contribution in [0.5, 0.6) is 0 Å². The number of benzene rings is 2. The van der Waals surface area contributed by atoms with Crippen LogP contribution in [0.4, 0.5) is 9.59 Å². The minimum Gasteiger partial charge on any atom is -0.466 e. The van der Waals surface area contributed by atoms with Crippen molar-refractivity contribution in [2.24, 2.45) is 5.41 Å². The van der Waals surface area contributed by atoms with Gasteiger partial charge in [0.05, 0.1) is 30.7 Å². The molecule has 0 bridgehead atoms. The predicted octanol–water partition coefficient (Wildman–Crippen LogP) is 5.38. The number of nitrogens with zero attached hydrogens (tertiary/aromatic N) is 1. The number of carbonyl (C=O) groups is 3. The molecule has 0 aliphatic heterocycles. The van der Waals surface area contributed by atoms with Crippen LogP contribution in [0.3, 0.4) is 0 Å². The van der Waals surface area contributed by atoms with Crippen LogP contribution in [0.2, 0.25) is 0 Å². The Kier molecular flexibility index (Phi) is 13.1. The third-order valence-electron chi connectivity index (χ3n) is 6.14. The minimum absolute atomic E-state index is 0.0696. The normalized spacial score (nSPS) is 13.0. The van der Waals surface area contributed by atoms with Gasteiger partial charge >= 0.3 is 18.2 Å². The largest absolute Gasteiger partial charge is 0.466 e. The molecule has 2 N–H and O–H groups in total. The van der Waals surface area contributed by atoms with Gasteiger partial charge in [0.25, 0.3) is 0 Å². The Morgan fingerprint density at radius 3 is 1.98 bits per heavy atom. The zero-order valence-electron chi connectivity index (χ0n) is 24.9. The number of hydrogen-bond donors (Lipinski definition) is 2. The van der Waals surface area contributed by atoms with Gasteiger partial charge in [0.2, 0.25) is 0 Å². The standard InChI is InChI=1S/C31H44N2O8/c1-7-38-27(35)31(5,6)26(34)25(32-28(36)41-30(2,3)4)19-14-20-33(40-22-24-17-12-9-13-18-24)29(37)39-21-23-15-10-8-11-16-23/h8-13,15-18,25-26,34H,7,14,19-22H2,1-6H3,(H,32,36)/t25-,26+/m0/s1. The number of hydroxylamine groups is 2. The van der Waals surface area contributed by atoms with E-state index in [4.69, 9.17) is 19.0 Å². The Morgan fingerprint density at radius 2 is 1.44 bits per heavy atom. The zero-order chi connectivity index (χ0) is 30.5. The Bertz CT molecular complexity index is 1090. The highest BCUT2D eigenvalue weighted by atomic mass is 16.7. The van der Waals surface area contributed by atoms with E-state index in [-0.39, 0.29) is 32.8 Å². The van der Waals surface area contributed by atoms with Crippen LogP contribution >= 0.6 is 0 Å². The lowest BCUT2D eigenvalue weighted by Crippen LogP contribution is -2.53. The van der Waals surface area contributed by atoms with Gasteiger partial charge in [0.15, 0.2) is 0 Å². The van der Waals surface area contributed by atoms with E-state index in [9.17, 15) is 19.5 Å². The van der Waals surface area contributed by atoms with Crippen LogP contribution < -0.4 is 5.32 Å². The number of esters is 1. The van der Waals surface area contributed by atoms with Crippen LogP contribution in [0.15, 0.2) is 60.7 Å². The maximum atomic E-state index is 13.0. The molecule has 0 aliphatic rings. The smallest absolute Gasteiger partial charge is 0.434 e. The summed E-state index contributed by atoms with van der Waals surface area (Å²) in [4.78, 5) is 44.0. The van der Waals surface area contributed by atoms with Gasteiger partial charge < -0.3 is 24.6 Å². The Labute approximate surface area is 242 Å². The molecular weight excluding hydrogens is 528 g/mol. The average molecular weight is 573 g/mol. The summed E-state index contributed by atoms with van der Waals surface area (Å²) in [6.07, 6.45) is -2.22. The fraction of sp³-hybridized carbons (Fsp3) is 0.516. The summed E-state index contributed by atoms with van der Waals surface area (Å²) in [5.41, 5.74) is -0.395. The molecule has 41 heavy (non-hydrogen) atoms. The van der Waals surface area contributed by atoms with E-state index < -0.39 is 41.3 Å². The van der Waals surface area contributed by atoms with Gasteiger partial charge in [-0.2, -0.15) is 5.06 Å². The molecule has 0 aromatic heterocycles. The lowest BCUT2D eigenvalue weighted by atomic mass is 9.81. The SMILES string of the molecule is CCOC(=O)C(C)(C)[C@H](O)[C@H](CCCN(OCc1ccccc1)C(=O)OCc1ccccc1)NC(=O)OC(C)(C)C. The number of ether oxygens (including phenoxy) is 3. The van der Waals surface area contributed by atoms with Crippen molar-refractivity contribution in [1.82, 2.24) is 10.4 Å². The van der Waals surface area contributed by atoms with Crippen molar-refractivity contribution in [1.29, 1.82) is 0 Å². The van der Waals surface area contributed by atoms with Crippen LogP contribution in [0, 0.1) is 5.41 Å². The molecule has 2 atom stereocenters. The molecule has 2 amide bonds. The Hall–Kier alpha value is -3.63. The van der Waals surface area contributed by atoms with Crippen molar-refractivity contribution in [3.05, 3.63) is 71.8 Å². The van der Waals surface area contributed by atoms with Crippen molar-refractivity contribution in [3.63, 3.8) is 0 Å². The summed E-state index contributed by atoms with van der Waals surface area (Å²) in [6, 6.07) is 17.8. The molecule has 0 fully saturated rings. The molecule has 0 spiro atoms. The fourth-order valence-electron chi connectivity index (χ4n) is 3.89. The Morgan fingerprint density at radius 1 is 0.878 bits per heavy atom. The molecule has 0 saturated carbocycles. The van der Waals surface area contributed by atoms with Crippen LogP contribution in [-0.4, -0.2) is 59.2 Å². The highest BCUT2D eigenvalue weighted by Gasteiger charge is 2.42. The van der Waals surface area contributed by atoms with Crippen molar-refractivity contribution < 1.29 is 38.5 Å². The summed E-state index contributed by atoms with van der Waals surface area (Å²) >= 11 is 0. The lowest BCUT2D eigenvalue weighted by Gasteiger charge is -2.35. The first-order valence-corrected chi connectivity index (χ1v) is 13.8. The second-order valence-corrected chi connectivity index (χ2v) is 11.2. The number of nitrogens with one attached hydrogen (secondary N) is 1. The van der Waals surface area contributed by atoms with Gasteiger partial charge in [0.1, 0.15) is 18.8 Å². The van der Waals surface area contributed by atoms with Crippen molar-refractivity contribution in [2.45, 2.75) is 85.3 Å². The van der Waals surface area contributed by atoms with Crippen LogP contribution in [0.1, 0.15) is 65.5 Å². The van der Waals surface area contributed by atoms with Gasteiger partial charge in [-0.05, 0) is 65.5 Å². The van der Waals surface area contributed by atoms with Gasteiger partial charge in [-0.1, -0.05) is 60.7 Å². The third-order valence-corrected chi connectivity index (χ3v) is 6.14. The third kappa shape index (κ3) is 11.8. The molecule has 2 aromatic rings. The maximum Gasteiger partial charge on any atom is 0.434 e. The van der Waals surface area contributed by atoms with E-state index in [0.29, 0.717) is 6.42 Å². The van der Waals surface area contributed by atoms with E-state index in [1.165, 1.54) is 0 Å². The number of alkyl carbamates (subject to hydrolysis) is 1. The van der Waals surface area contributed by atoms with E-state index >= 15 is 0 Å². The summed E-state index contributed by atoms with van der Waals surface area (Å²) in [5.74, 6) is -0.596. The molecule has 0 radical (unpaired) electrons. The number of aliphatic hydroxyl groups excluding tert-OH is 1. The highest BCUT2D eigenvalue weighted by Crippen LogP contribution is 2.27. The Balaban J connectivity index is 2.14. The van der Waals surface area contributed by atoms with Crippen molar-refractivity contribution in [2.75, 3.05) is 13.2 Å². The molecule has 0 heterocycles. The molecule has 2 rings (SSSR count). The maximum absolute atomic E-state index is 13.0. The summed E-state index contributed by atoms with van der Waals surface area (Å²) in [5, 5.41) is 15.0. The minimum atomic E-state index is -1.33. The van der Waals surface area contributed by atoms with Gasteiger partial charge in [-0.15, -0.1) is 0 Å². The molecule has 226 valence electrons. The zero-order valence-corrected chi connectivity index (χ0v) is 24.9. The number of carbonyl (C=O) groups excluding carboxylic acids is 3. The second kappa shape index (κ2) is 16.0. The molecule has 2 aromatic carbocycles. The molecule has 0 saturated heterocycles. The highest BCUT2D eigenvalue weighted by molar-refractivity contribution is 5.77. The van der Waals surface area contributed by atoms with Crippen molar-refractivity contribution >= 4 is 18.2 Å². The topological polar surface area (TPSA) is 124 Å². The lowest BCUT2D eigenvalue weighted by molar-refractivity contribution is -0.161. The predicted molar refractivity (Wildman–Crippen MR) is 153 cm³/mol. The van der Waals surface area contributed by atoms with Gasteiger partial charge in [0, 0.05) is 0 Å². The number of aliphatic hydroxyl groups is 1. The number of rotatable bonds is 14. The summed E-state index contributed by atoms with van der Waals surface area (Å²) in [6.45, 7) is 10.4. The monoisotopic (exact) mass is 572 g/mol. The first kappa shape index (κ1) is 33.6. The molecular formula is C31H44N2O8. The molecule has 0 aliphatic carbocycles.